The molecule has 2 saturated heterocycles. The summed E-state index contributed by atoms with van der Waals surface area (Å²) in [6.45, 7) is 13.7. The molecule has 7 aliphatic rings. The molecule has 12 nitrogen and oxygen atoms in total. The molecule has 0 aromatic rings. The van der Waals surface area contributed by atoms with E-state index >= 15 is 4.79 Å². The van der Waals surface area contributed by atoms with Crippen molar-refractivity contribution in [3.8, 4) is 0 Å². The van der Waals surface area contributed by atoms with Gasteiger partial charge in [-0.3, -0.25) is 34.3 Å². The van der Waals surface area contributed by atoms with Gasteiger partial charge in [0.05, 0.1) is 12.1 Å². The lowest BCUT2D eigenvalue weighted by molar-refractivity contribution is -0.145. The molecule has 0 aromatic heterocycles. The minimum atomic E-state index is -0.936. The Morgan fingerprint density at radius 3 is 2.02 bits per heavy atom. The number of carbonyl (C=O) groups is 5. The summed E-state index contributed by atoms with van der Waals surface area (Å²) in [4.78, 5) is 75.5. The van der Waals surface area contributed by atoms with E-state index in [0.717, 1.165) is 103 Å². The Hall–Kier alpha value is -3.02. The first kappa shape index (κ1) is 41.2. The van der Waals surface area contributed by atoms with Crippen molar-refractivity contribution < 1.29 is 24.0 Å². The van der Waals surface area contributed by atoms with Crippen LogP contribution in [0.1, 0.15) is 157 Å². The first-order chi connectivity index (χ1) is 26.5. The number of hydrogen-bond acceptors (Lipinski definition) is 7. The maximum absolute atomic E-state index is 15.2. The van der Waals surface area contributed by atoms with Gasteiger partial charge in [0.25, 0.3) is 5.91 Å². The van der Waals surface area contributed by atoms with Gasteiger partial charge in [0.2, 0.25) is 23.6 Å². The van der Waals surface area contributed by atoms with Gasteiger partial charge >= 0.3 is 0 Å². The van der Waals surface area contributed by atoms with Crippen LogP contribution in [-0.2, 0) is 24.0 Å². The summed E-state index contributed by atoms with van der Waals surface area (Å²) in [6.07, 6.45) is 16.7. The van der Waals surface area contributed by atoms with Crippen LogP contribution < -0.4 is 21.3 Å². The summed E-state index contributed by atoms with van der Waals surface area (Å²) in [7, 11) is 0. The average molecular weight is 778 g/mol. The van der Waals surface area contributed by atoms with Crippen molar-refractivity contribution >= 4 is 35.2 Å². The molecule has 312 valence electrons. The highest BCUT2D eigenvalue weighted by Gasteiger charge is 2.85. The van der Waals surface area contributed by atoms with Crippen molar-refractivity contribution in [2.24, 2.45) is 27.6 Å². The van der Waals surface area contributed by atoms with E-state index in [2.05, 4.69) is 40.0 Å². The van der Waals surface area contributed by atoms with Crippen molar-refractivity contribution in [1.82, 2.24) is 31.1 Å². The van der Waals surface area contributed by atoms with Crippen LogP contribution in [-0.4, -0.2) is 100 Å². The Morgan fingerprint density at radius 1 is 0.786 bits per heavy atom. The van der Waals surface area contributed by atoms with Crippen LogP contribution in [0.5, 0.6) is 0 Å². The van der Waals surface area contributed by atoms with Gasteiger partial charge < -0.3 is 26.2 Å². The Morgan fingerprint density at radius 2 is 1.45 bits per heavy atom. The third kappa shape index (κ3) is 7.54. The van der Waals surface area contributed by atoms with Gasteiger partial charge in [-0.1, -0.05) is 80.1 Å². The highest BCUT2D eigenvalue weighted by atomic mass is 16.2. The maximum atomic E-state index is 15.2. The highest BCUT2D eigenvalue weighted by Crippen LogP contribution is 2.88. The fraction of sp³-hybridized carbons (Fsp3) is 0.864. The minimum absolute atomic E-state index is 0.0105. The van der Waals surface area contributed by atoms with E-state index in [1.54, 1.807) is 4.90 Å². The fourth-order valence-corrected chi connectivity index (χ4v) is 11.8. The molecule has 12 heteroatoms. The third-order valence-electron chi connectivity index (χ3n) is 15.8. The van der Waals surface area contributed by atoms with Crippen LogP contribution in [0, 0.1) is 33.0 Å². The molecular weight excluding hydrogens is 707 g/mol. The number of carbonyl (C=O) groups excluding carboxylic acids is 5. The number of rotatable bonds is 14. The zero-order chi connectivity index (χ0) is 40.2. The van der Waals surface area contributed by atoms with Gasteiger partial charge in [-0.25, -0.2) is 0 Å². The van der Waals surface area contributed by atoms with Gasteiger partial charge in [0, 0.05) is 24.0 Å². The molecule has 6 atom stereocenters. The SMILES string of the molecule is CCC[C@H](NC(=O)[C@@H]1C[C@@]2(CN1C(=O)[C@@H](NC(=O)C(NC(=O)[C@@H]1CCCCN1C1CC1)C1CCCCC1)C(C)(C)C)C(C)(C)C21CCC1)C(=N)C(=O)NC1CC1. The monoisotopic (exact) mass is 778 g/mol. The Bertz CT molecular complexity index is 1550. The molecule has 56 heavy (non-hydrogen) atoms. The standard InChI is InChI=1S/C44H71N7O5/c1-7-14-30(33(45)38(54)46-28-18-19-28)47-37(53)32-25-44(42(5,6)43(44)22-13-23-43)26-51(32)40(56)35(41(2,3)4)49-39(55)34(27-15-9-8-10-16-27)48-36(52)31-17-11-12-24-50(31)29-20-21-29/h27-32,34-35,45H,7-26H2,1-6H3,(H,46,54)(H,47,53)(H,48,52)(H,49,55)/t30-,31-,32-,34?,35+,44+/m0/s1. The Kier molecular flexibility index (Phi) is 11.5. The number of piperidine rings is 1. The summed E-state index contributed by atoms with van der Waals surface area (Å²) >= 11 is 0. The summed E-state index contributed by atoms with van der Waals surface area (Å²) in [5, 5.41) is 21.2. The molecule has 0 radical (unpaired) electrons. The second kappa shape index (κ2) is 15.6. The largest absolute Gasteiger partial charge is 0.348 e. The molecule has 5 N–H and O–H groups in total. The van der Waals surface area contributed by atoms with Gasteiger partial charge in [-0.15, -0.1) is 0 Å². The van der Waals surface area contributed by atoms with Crippen molar-refractivity contribution in [2.75, 3.05) is 13.1 Å². The molecular formula is C44H71N7O5. The Balaban J connectivity index is 1.13. The molecule has 5 saturated carbocycles. The van der Waals surface area contributed by atoms with Gasteiger partial charge in [0.15, 0.2) is 0 Å². The lowest BCUT2D eigenvalue weighted by Gasteiger charge is -2.39. The van der Waals surface area contributed by atoms with E-state index in [1.807, 2.05) is 27.7 Å². The summed E-state index contributed by atoms with van der Waals surface area (Å²) < 4.78 is 0. The summed E-state index contributed by atoms with van der Waals surface area (Å²) in [6, 6.07) is -2.90. The zero-order valence-electron chi connectivity index (χ0n) is 35.2. The highest BCUT2D eigenvalue weighted by molar-refractivity contribution is 6.40. The van der Waals surface area contributed by atoms with Crippen molar-refractivity contribution in [2.45, 2.75) is 199 Å². The van der Waals surface area contributed by atoms with E-state index in [1.165, 1.54) is 0 Å². The topological polar surface area (TPSA) is 164 Å². The maximum Gasteiger partial charge on any atom is 0.267 e. The van der Waals surface area contributed by atoms with Crippen LogP contribution in [0.15, 0.2) is 0 Å². The number of amides is 5. The van der Waals surface area contributed by atoms with E-state index in [-0.39, 0.29) is 63.6 Å². The molecule has 7 fully saturated rings. The molecule has 7 rings (SSSR count). The van der Waals surface area contributed by atoms with E-state index < -0.39 is 35.5 Å². The molecule has 0 bridgehead atoms. The minimum Gasteiger partial charge on any atom is -0.348 e. The number of hydrogen-bond donors (Lipinski definition) is 5. The lowest BCUT2D eigenvalue weighted by atomic mass is 9.73. The van der Waals surface area contributed by atoms with Gasteiger partial charge in [-0.2, -0.15) is 0 Å². The molecule has 0 aromatic carbocycles. The average Bonchev–Trinajstić information content (AvgIpc) is 4.10. The zero-order valence-corrected chi connectivity index (χ0v) is 35.2. The summed E-state index contributed by atoms with van der Waals surface area (Å²) in [5.74, 6) is -1.47. The smallest absolute Gasteiger partial charge is 0.267 e. The predicted octanol–water partition coefficient (Wildman–Crippen LogP) is 4.98. The van der Waals surface area contributed by atoms with Crippen LogP contribution >= 0.6 is 0 Å². The quantitative estimate of drug-likeness (QED) is 0.156. The molecule has 2 heterocycles. The lowest BCUT2D eigenvalue weighted by Crippen LogP contribution is -2.63. The van der Waals surface area contributed by atoms with Crippen molar-refractivity contribution in [3.05, 3.63) is 0 Å². The number of fused-ring (bicyclic) bond motifs is 1. The molecule has 2 spiro atoms. The fourth-order valence-electron chi connectivity index (χ4n) is 11.8. The van der Waals surface area contributed by atoms with Crippen molar-refractivity contribution in [1.29, 1.82) is 5.41 Å². The summed E-state index contributed by atoms with van der Waals surface area (Å²) in [5.41, 5.74) is -1.07. The van der Waals surface area contributed by atoms with Crippen LogP contribution in [0.25, 0.3) is 0 Å². The van der Waals surface area contributed by atoms with Crippen LogP contribution in [0.3, 0.4) is 0 Å². The van der Waals surface area contributed by atoms with E-state index in [9.17, 15) is 19.2 Å². The van der Waals surface area contributed by atoms with E-state index in [4.69, 9.17) is 5.41 Å². The van der Waals surface area contributed by atoms with Crippen LogP contribution in [0.2, 0.25) is 0 Å². The molecule has 1 unspecified atom stereocenters. The third-order valence-corrected chi connectivity index (χ3v) is 15.8. The van der Waals surface area contributed by atoms with Crippen molar-refractivity contribution in [3.63, 3.8) is 0 Å². The molecule has 5 aliphatic carbocycles. The van der Waals surface area contributed by atoms with E-state index in [0.29, 0.717) is 31.8 Å². The first-order valence-electron chi connectivity index (χ1n) is 22.4. The second-order valence-electron chi connectivity index (χ2n) is 20.5. The number of likely N-dealkylation sites (tertiary alicyclic amines) is 2. The molecule has 5 amide bonds. The van der Waals surface area contributed by atoms with Gasteiger partial charge in [0.1, 0.15) is 23.8 Å². The second-order valence-corrected chi connectivity index (χ2v) is 20.5. The normalized spacial score (nSPS) is 30.1. The van der Waals surface area contributed by atoms with Gasteiger partial charge in [-0.05, 0) is 106 Å². The number of nitrogens with zero attached hydrogens (tertiary/aromatic N) is 2. The Labute approximate surface area is 335 Å². The van der Waals surface area contributed by atoms with Crippen LogP contribution in [0.4, 0.5) is 0 Å². The predicted molar refractivity (Wildman–Crippen MR) is 216 cm³/mol. The first-order valence-corrected chi connectivity index (χ1v) is 22.4. The number of nitrogens with one attached hydrogen (secondary N) is 5. The molecule has 2 aliphatic heterocycles.